The maximum atomic E-state index is 13.0. The third-order valence-electron chi connectivity index (χ3n) is 8.64. The first-order valence-corrected chi connectivity index (χ1v) is 13.7. The number of hydrogen-bond donors (Lipinski definition) is 2. The van der Waals surface area contributed by atoms with Crippen LogP contribution in [0.3, 0.4) is 0 Å². The topological polar surface area (TPSA) is 119 Å². The highest BCUT2D eigenvalue weighted by Gasteiger charge is 2.42. The lowest BCUT2D eigenvalue weighted by Crippen LogP contribution is -2.52. The number of aromatic nitrogens is 2. The Morgan fingerprint density at radius 2 is 1.79 bits per heavy atom. The highest BCUT2D eigenvalue weighted by Crippen LogP contribution is 2.35. The number of pyridine rings is 2. The van der Waals surface area contributed by atoms with Crippen LogP contribution in [-0.2, 0) is 21.7 Å². The summed E-state index contributed by atoms with van der Waals surface area (Å²) in [5.41, 5.74) is 0.626. The number of rotatable bonds is 5. The lowest BCUT2D eigenvalue weighted by molar-refractivity contribution is -0.136. The van der Waals surface area contributed by atoms with E-state index in [1.807, 2.05) is 18.3 Å². The SMILES string of the molecule is O=C1CCC(N2Cc3nc(C4(O)CCN(CC5CCN(c6ccccn6)CC5)CC4)ccc3C2=O)C(=O)N1. The van der Waals surface area contributed by atoms with Crippen molar-refractivity contribution in [2.45, 2.75) is 56.7 Å². The molecule has 0 saturated carbocycles. The molecule has 10 nitrogen and oxygen atoms in total. The second kappa shape index (κ2) is 10.1. The van der Waals surface area contributed by atoms with E-state index in [4.69, 9.17) is 4.98 Å². The monoisotopic (exact) mass is 518 g/mol. The van der Waals surface area contributed by atoms with Crippen LogP contribution < -0.4 is 10.2 Å². The van der Waals surface area contributed by atoms with Gasteiger partial charge in [-0.3, -0.25) is 24.7 Å². The van der Waals surface area contributed by atoms with Crippen molar-refractivity contribution in [2.24, 2.45) is 5.92 Å². The van der Waals surface area contributed by atoms with Crippen molar-refractivity contribution in [1.82, 2.24) is 25.1 Å². The van der Waals surface area contributed by atoms with Crippen molar-refractivity contribution in [3.05, 3.63) is 53.5 Å². The Balaban J connectivity index is 1.04. The largest absolute Gasteiger partial charge is 0.383 e. The molecule has 6 rings (SSSR count). The Kier molecular flexibility index (Phi) is 6.61. The van der Waals surface area contributed by atoms with Crippen LogP contribution in [0.15, 0.2) is 36.5 Å². The molecule has 4 aliphatic heterocycles. The van der Waals surface area contributed by atoms with E-state index >= 15 is 0 Å². The molecule has 6 heterocycles. The average Bonchev–Trinajstić information content (AvgIpc) is 3.26. The zero-order valence-electron chi connectivity index (χ0n) is 21.5. The minimum absolute atomic E-state index is 0.216. The molecule has 1 unspecified atom stereocenters. The lowest BCUT2D eigenvalue weighted by atomic mass is 9.86. The van der Waals surface area contributed by atoms with Crippen LogP contribution in [0.25, 0.3) is 0 Å². The number of fused-ring (bicyclic) bond motifs is 1. The molecule has 4 aliphatic rings. The molecule has 3 saturated heterocycles. The molecule has 10 heteroatoms. The van der Waals surface area contributed by atoms with Gasteiger partial charge in [-0.15, -0.1) is 0 Å². The molecule has 38 heavy (non-hydrogen) atoms. The molecule has 3 amide bonds. The number of piperidine rings is 3. The van der Waals surface area contributed by atoms with Crippen molar-refractivity contribution >= 4 is 23.5 Å². The number of carbonyl (C=O) groups excluding carboxylic acids is 3. The van der Waals surface area contributed by atoms with E-state index in [1.165, 1.54) is 4.90 Å². The Bertz CT molecular complexity index is 1220. The van der Waals surface area contributed by atoms with Gasteiger partial charge >= 0.3 is 0 Å². The smallest absolute Gasteiger partial charge is 0.256 e. The molecule has 2 N–H and O–H groups in total. The lowest BCUT2D eigenvalue weighted by Gasteiger charge is -2.41. The van der Waals surface area contributed by atoms with Gasteiger partial charge < -0.3 is 19.8 Å². The van der Waals surface area contributed by atoms with Crippen LogP contribution in [0.2, 0.25) is 0 Å². The fourth-order valence-electron chi connectivity index (χ4n) is 6.31. The van der Waals surface area contributed by atoms with Gasteiger partial charge in [-0.2, -0.15) is 0 Å². The highest BCUT2D eigenvalue weighted by molar-refractivity contribution is 6.05. The van der Waals surface area contributed by atoms with E-state index in [0.717, 1.165) is 51.4 Å². The average molecular weight is 519 g/mol. The molecule has 200 valence electrons. The zero-order chi connectivity index (χ0) is 26.3. The van der Waals surface area contributed by atoms with Gasteiger partial charge in [-0.1, -0.05) is 6.07 Å². The molecular weight excluding hydrogens is 484 g/mol. The summed E-state index contributed by atoms with van der Waals surface area (Å²) in [7, 11) is 0. The number of likely N-dealkylation sites (tertiary alicyclic amines) is 1. The maximum Gasteiger partial charge on any atom is 0.256 e. The molecule has 0 spiro atoms. The highest BCUT2D eigenvalue weighted by atomic mass is 16.3. The summed E-state index contributed by atoms with van der Waals surface area (Å²) in [6, 6.07) is 8.87. The van der Waals surface area contributed by atoms with Crippen LogP contribution in [0, 0.1) is 5.92 Å². The van der Waals surface area contributed by atoms with Crippen molar-refractivity contribution in [1.29, 1.82) is 0 Å². The number of nitrogens with zero attached hydrogens (tertiary/aromatic N) is 5. The quantitative estimate of drug-likeness (QED) is 0.571. The number of hydrogen-bond acceptors (Lipinski definition) is 8. The van der Waals surface area contributed by atoms with Crippen LogP contribution in [-0.4, -0.2) is 81.4 Å². The number of anilines is 1. The van der Waals surface area contributed by atoms with E-state index in [2.05, 4.69) is 26.2 Å². The summed E-state index contributed by atoms with van der Waals surface area (Å²) >= 11 is 0. The summed E-state index contributed by atoms with van der Waals surface area (Å²) < 4.78 is 0. The van der Waals surface area contributed by atoms with E-state index < -0.39 is 17.6 Å². The summed E-state index contributed by atoms with van der Waals surface area (Å²) in [5.74, 6) is 0.709. The fraction of sp³-hybridized carbons (Fsp3) is 0.536. The van der Waals surface area contributed by atoms with Crippen molar-refractivity contribution in [3.63, 3.8) is 0 Å². The van der Waals surface area contributed by atoms with Gasteiger partial charge in [-0.05, 0) is 62.3 Å². The normalized spacial score (nSPS) is 24.4. The Morgan fingerprint density at radius 3 is 2.50 bits per heavy atom. The second-order valence-electron chi connectivity index (χ2n) is 11.0. The van der Waals surface area contributed by atoms with E-state index in [0.29, 0.717) is 42.1 Å². The maximum absolute atomic E-state index is 13.0. The van der Waals surface area contributed by atoms with Gasteiger partial charge in [0.15, 0.2) is 0 Å². The molecule has 2 aromatic rings. The van der Waals surface area contributed by atoms with Gasteiger partial charge in [0.1, 0.15) is 17.5 Å². The van der Waals surface area contributed by atoms with Crippen LogP contribution >= 0.6 is 0 Å². The summed E-state index contributed by atoms with van der Waals surface area (Å²) in [6.45, 7) is 4.90. The zero-order valence-corrected chi connectivity index (χ0v) is 21.5. The second-order valence-corrected chi connectivity index (χ2v) is 11.0. The molecule has 2 aromatic heterocycles. The van der Waals surface area contributed by atoms with Gasteiger partial charge in [0.05, 0.1) is 23.5 Å². The molecule has 3 fully saturated rings. The standard InChI is InChI=1S/C28H34N6O4/c35-25-7-5-22(26(36)31-25)34-18-21-20(27(34)37)4-6-23(30-21)28(38)10-15-32(16-11-28)17-19-8-13-33(14-9-19)24-3-1-2-12-29-24/h1-4,6,12,19,22,38H,5,7-11,13-18H2,(H,31,35,36). The van der Waals surface area contributed by atoms with Crippen molar-refractivity contribution in [3.8, 4) is 0 Å². The predicted molar refractivity (Wildman–Crippen MR) is 139 cm³/mol. The number of aliphatic hydroxyl groups is 1. The predicted octanol–water partition coefficient (Wildman–Crippen LogP) is 1.44. The van der Waals surface area contributed by atoms with Crippen molar-refractivity contribution < 1.29 is 19.5 Å². The molecule has 0 aliphatic carbocycles. The first-order valence-electron chi connectivity index (χ1n) is 13.7. The fourth-order valence-corrected chi connectivity index (χ4v) is 6.31. The number of nitrogens with one attached hydrogen (secondary N) is 1. The van der Waals surface area contributed by atoms with E-state index in [1.54, 1.807) is 12.1 Å². The minimum atomic E-state index is -1.03. The summed E-state index contributed by atoms with van der Waals surface area (Å²) in [6.07, 6.45) is 5.85. The number of carbonyl (C=O) groups is 3. The Morgan fingerprint density at radius 1 is 1.00 bits per heavy atom. The molecule has 0 radical (unpaired) electrons. The molecular formula is C28H34N6O4. The Hall–Kier alpha value is -3.37. The third kappa shape index (κ3) is 4.78. The molecule has 1 atom stereocenters. The molecule has 0 bridgehead atoms. The summed E-state index contributed by atoms with van der Waals surface area (Å²) in [5, 5.41) is 13.8. The van der Waals surface area contributed by atoms with E-state index in [-0.39, 0.29) is 24.8 Å². The summed E-state index contributed by atoms with van der Waals surface area (Å²) in [4.78, 5) is 52.3. The van der Waals surface area contributed by atoms with Gasteiger partial charge in [0.2, 0.25) is 11.8 Å². The van der Waals surface area contributed by atoms with Crippen LogP contribution in [0.5, 0.6) is 0 Å². The van der Waals surface area contributed by atoms with Gasteiger partial charge in [0.25, 0.3) is 5.91 Å². The van der Waals surface area contributed by atoms with Gasteiger partial charge in [-0.25, -0.2) is 4.98 Å². The Labute approximate surface area is 222 Å². The van der Waals surface area contributed by atoms with Crippen LogP contribution in [0.4, 0.5) is 5.82 Å². The minimum Gasteiger partial charge on any atom is -0.383 e. The van der Waals surface area contributed by atoms with Gasteiger partial charge in [0, 0.05) is 45.3 Å². The number of imide groups is 1. The third-order valence-corrected chi connectivity index (χ3v) is 8.64. The first-order chi connectivity index (χ1) is 18.4. The number of amides is 3. The molecule has 0 aromatic carbocycles. The van der Waals surface area contributed by atoms with Crippen LogP contribution in [0.1, 0.15) is 60.3 Å². The first kappa shape index (κ1) is 24.9. The van der Waals surface area contributed by atoms with E-state index in [9.17, 15) is 19.5 Å². The van der Waals surface area contributed by atoms with Crippen molar-refractivity contribution in [2.75, 3.05) is 37.6 Å².